The van der Waals surface area contributed by atoms with Crippen molar-refractivity contribution >= 4 is 34.6 Å². The number of allylic oxidation sites excluding steroid dienone is 1. The molecule has 1 amide bonds. The number of rotatable bonds is 6. The van der Waals surface area contributed by atoms with Crippen molar-refractivity contribution in [3.05, 3.63) is 95.0 Å². The summed E-state index contributed by atoms with van der Waals surface area (Å²) in [6.07, 6.45) is 3.26. The number of halogens is 3. The number of nitrogens with zero attached hydrogens (tertiary/aromatic N) is 2. The van der Waals surface area contributed by atoms with Gasteiger partial charge in [-0.05, 0) is 84.1 Å². The maximum Gasteiger partial charge on any atom is 0.256 e. The largest absolute Gasteiger partial charge is 0.338 e. The van der Waals surface area contributed by atoms with Crippen LogP contribution in [0.15, 0.2) is 66.4 Å². The van der Waals surface area contributed by atoms with Crippen molar-refractivity contribution < 1.29 is 13.6 Å². The summed E-state index contributed by atoms with van der Waals surface area (Å²) in [5, 5.41) is 10.6. The highest BCUT2D eigenvalue weighted by Gasteiger charge is 2.22. The standard InChI is InChI=1S/C29H26ClF2N5O/c1-16-13-18(7-10-22(16)32)25-26(36-24(35-25)15-21(27(30)33)29(2,3)4)19-11-12-34-23(14-19)37-28(38)17-5-8-20(31)9-6-17/h5-15,33H,1-4H3,(H,35,36)(H,34,37,38)/b21-15+,33-27?. The van der Waals surface area contributed by atoms with Gasteiger partial charge in [-0.15, -0.1) is 0 Å². The van der Waals surface area contributed by atoms with Gasteiger partial charge in [0.25, 0.3) is 5.91 Å². The molecule has 0 spiro atoms. The van der Waals surface area contributed by atoms with Crippen molar-refractivity contribution in [2.45, 2.75) is 27.7 Å². The Morgan fingerprint density at radius 1 is 1.05 bits per heavy atom. The smallest absolute Gasteiger partial charge is 0.256 e. The summed E-state index contributed by atoms with van der Waals surface area (Å²) in [5.41, 5.74) is 3.43. The maximum absolute atomic E-state index is 14.0. The summed E-state index contributed by atoms with van der Waals surface area (Å²) in [4.78, 5) is 24.9. The summed E-state index contributed by atoms with van der Waals surface area (Å²) >= 11 is 6.09. The predicted octanol–water partition coefficient (Wildman–Crippen LogP) is 7.62. The molecule has 0 saturated heterocycles. The van der Waals surface area contributed by atoms with Crippen molar-refractivity contribution in [2.75, 3.05) is 5.32 Å². The van der Waals surface area contributed by atoms with Gasteiger partial charge in [-0.2, -0.15) is 0 Å². The Balaban J connectivity index is 1.79. The normalized spacial score (nSPS) is 11.9. The number of anilines is 1. The molecule has 0 aliphatic heterocycles. The fourth-order valence-electron chi connectivity index (χ4n) is 3.86. The van der Waals surface area contributed by atoms with Gasteiger partial charge in [0.2, 0.25) is 0 Å². The quantitative estimate of drug-likeness (QED) is 0.222. The molecule has 2 aromatic heterocycles. The number of hydrogen-bond donors (Lipinski definition) is 3. The minimum atomic E-state index is -0.437. The molecular weight excluding hydrogens is 508 g/mol. The Labute approximate surface area is 224 Å². The van der Waals surface area contributed by atoms with Crippen molar-refractivity contribution in [3.8, 4) is 22.5 Å². The number of aromatic nitrogens is 3. The van der Waals surface area contributed by atoms with E-state index in [9.17, 15) is 13.6 Å². The van der Waals surface area contributed by atoms with Crippen molar-refractivity contribution in [1.82, 2.24) is 15.0 Å². The molecule has 0 unspecified atom stereocenters. The van der Waals surface area contributed by atoms with Gasteiger partial charge in [0.1, 0.15) is 28.4 Å². The molecule has 0 bridgehead atoms. The molecule has 4 rings (SSSR count). The van der Waals surface area contributed by atoms with E-state index in [2.05, 4.69) is 15.3 Å². The molecule has 4 aromatic rings. The van der Waals surface area contributed by atoms with Gasteiger partial charge in [-0.1, -0.05) is 32.4 Å². The van der Waals surface area contributed by atoms with Gasteiger partial charge < -0.3 is 10.3 Å². The monoisotopic (exact) mass is 533 g/mol. The fraction of sp³-hybridized carbons (Fsp3) is 0.172. The number of nitrogens with one attached hydrogen (secondary N) is 3. The lowest BCUT2D eigenvalue weighted by Gasteiger charge is -2.20. The van der Waals surface area contributed by atoms with E-state index in [-0.39, 0.29) is 22.4 Å². The zero-order valence-electron chi connectivity index (χ0n) is 21.3. The first-order chi connectivity index (χ1) is 17.9. The van der Waals surface area contributed by atoms with Crippen LogP contribution in [-0.2, 0) is 0 Å². The number of carbonyl (C=O) groups is 1. The van der Waals surface area contributed by atoms with E-state index in [1.165, 1.54) is 30.3 Å². The van der Waals surface area contributed by atoms with E-state index in [0.29, 0.717) is 39.5 Å². The van der Waals surface area contributed by atoms with E-state index < -0.39 is 17.1 Å². The van der Waals surface area contributed by atoms with Crippen LogP contribution in [-0.4, -0.2) is 26.0 Å². The number of H-pyrrole nitrogens is 1. The van der Waals surface area contributed by atoms with Gasteiger partial charge in [0.05, 0.1) is 11.4 Å². The van der Waals surface area contributed by atoms with Gasteiger partial charge in [0, 0.05) is 22.9 Å². The highest BCUT2D eigenvalue weighted by molar-refractivity contribution is 6.69. The summed E-state index contributed by atoms with van der Waals surface area (Å²) in [5.74, 6) is -0.462. The van der Waals surface area contributed by atoms with Crippen molar-refractivity contribution in [2.24, 2.45) is 5.41 Å². The number of aryl methyl sites for hydroxylation is 1. The molecular formula is C29H26ClF2N5O. The second kappa shape index (κ2) is 10.7. The van der Waals surface area contributed by atoms with Gasteiger partial charge in [0.15, 0.2) is 0 Å². The van der Waals surface area contributed by atoms with Crippen LogP contribution in [0.1, 0.15) is 42.5 Å². The second-order valence-electron chi connectivity index (χ2n) is 9.82. The van der Waals surface area contributed by atoms with Crippen LogP contribution in [0.4, 0.5) is 14.6 Å². The van der Waals surface area contributed by atoms with E-state index in [1.54, 1.807) is 43.5 Å². The van der Waals surface area contributed by atoms with Crippen LogP contribution in [0, 0.1) is 29.4 Å². The first kappa shape index (κ1) is 26.9. The molecule has 0 aliphatic carbocycles. The van der Waals surface area contributed by atoms with E-state index >= 15 is 0 Å². The number of amides is 1. The molecule has 0 atom stereocenters. The molecule has 38 heavy (non-hydrogen) atoms. The summed E-state index contributed by atoms with van der Waals surface area (Å²) in [7, 11) is 0. The number of carbonyl (C=O) groups excluding carboxylic acids is 1. The molecule has 9 heteroatoms. The topological polar surface area (TPSA) is 94.5 Å². The minimum Gasteiger partial charge on any atom is -0.338 e. The number of pyridine rings is 1. The Morgan fingerprint density at radius 2 is 1.76 bits per heavy atom. The van der Waals surface area contributed by atoms with Crippen LogP contribution in [0.5, 0.6) is 0 Å². The van der Waals surface area contributed by atoms with E-state index in [0.717, 1.165) is 0 Å². The highest BCUT2D eigenvalue weighted by Crippen LogP contribution is 2.34. The molecule has 0 saturated carbocycles. The van der Waals surface area contributed by atoms with E-state index in [4.69, 9.17) is 22.0 Å². The molecule has 2 heterocycles. The van der Waals surface area contributed by atoms with Gasteiger partial charge in [-0.3, -0.25) is 10.2 Å². The lowest BCUT2D eigenvalue weighted by molar-refractivity contribution is 0.102. The van der Waals surface area contributed by atoms with Crippen LogP contribution in [0.3, 0.4) is 0 Å². The molecule has 194 valence electrons. The number of aromatic amines is 1. The Morgan fingerprint density at radius 3 is 2.39 bits per heavy atom. The van der Waals surface area contributed by atoms with Crippen LogP contribution in [0.2, 0.25) is 0 Å². The van der Waals surface area contributed by atoms with Crippen LogP contribution in [0.25, 0.3) is 28.6 Å². The number of imidazole rings is 1. The molecule has 0 radical (unpaired) electrons. The second-order valence-corrected chi connectivity index (χ2v) is 10.2. The zero-order chi connectivity index (χ0) is 27.6. The maximum atomic E-state index is 14.0. The summed E-state index contributed by atoms with van der Waals surface area (Å²) in [6, 6.07) is 13.4. The van der Waals surface area contributed by atoms with Gasteiger partial charge >= 0.3 is 0 Å². The highest BCUT2D eigenvalue weighted by atomic mass is 35.5. The van der Waals surface area contributed by atoms with Crippen LogP contribution >= 0.6 is 11.6 Å². The molecule has 6 nitrogen and oxygen atoms in total. The van der Waals surface area contributed by atoms with Gasteiger partial charge in [-0.25, -0.2) is 18.7 Å². The van der Waals surface area contributed by atoms with Crippen molar-refractivity contribution in [1.29, 1.82) is 5.41 Å². The lowest BCUT2D eigenvalue weighted by atomic mass is 9.86. The first-order valence-electron chi connectivity index (χ1n) is 11.8. The third kappa shape index (κ3) is 6.03. The predicted molar refractivity (Wildman–Crippen MR) is 147 cm³/mol. The number of hydrogen-bond acceptors (Lipinski definition) is 4. The average molecular weight is 534 g/mol. The summed E-state index contributed by atoms with van der Waals surface area (Å²) < 4.78 is 27.3. The Bertz CT molecular complexity index is 1550. The average Bonchev–Trinajstić information content (AvgIpc) is 3.28. The van der Waals surface area contributed by atoms with E-state index in [1.807, 2.05) is 20.8 Å². The minimum absolute atomic E-state index is 0.0932. The third-order valence-electron chi connectivity index (χ3n) is 5.88. The molecule has 0 aliphatic rings. The zero-order valence-corrected chi connectivity index (χ0v) is 22.0. The lowest BCUT2D eigenvalue weighted by Crippen LogP contribution is -2.14. The fourth-order valence-corrected chi connectivity index (χ4v) is 4.20. The summed E-state index contributed by atoms with van der Waals surface area (Å²) in [6.45, 7) is 7.52. The van der Waals surface area contributed by atoms with Crippen LogP contribution < -0.4 is 5.32 Å². The molecule has 3 N–H and O–H groups in total. The molecule has 2 aromatic carbocycles. The third-order valence-corrected chi connectivity index (χ3v) is 6.08. The molecule has 0 fully saturated rings. The van der Waals surface area contributed by atoms with Crippen molar-refractivity contribution in [3.63, 3.8) is 0 Å². The Hall–Kier alpha value is -4.17. The SMILES string of the molecule is Cc1cc(-c2nc(/C=C(\C(=N)Cl)C(C)(C)C)[nH]c2-c2ccnc(NC(=O)c3ccc(F)cc3)c2)ccc1F. The Kier molecular flexibility index (Phi) is 7.55. The number of benzene rings is 2. The first-order valence-corrected chi connectivity index (χ1v) is 12.2.